The molecule has 8 nitrogen and oxygen atoms in total. The fourth-order valence-corrected chi connectivity index (χ4v) is 3.90. The maximum absolute atomic E-state index is 13.5. The van der Waals surface area contributed by atoms with Crippen LogP contribution >= 0.6 is 0 Å². The number of methoxy groups -OCH3 is 1. The Bertz CT molecular complexity index is 1200. The van der Waals surface area contributed by atoms with Crippen LogP contribution in [0.2, 0.25) is 0 Å². The monoisotopic (exact) mass is 408 g/mol. The maximum atomic E-state index is 13.5. The molecule has 0 bridgehead atoms. The number of nitrogens with one attached hydrogen (secondary N) is 1. The largest absolute Gasteiger partial charge is 0.385 e. The van der Waals surface area contributed by atoms with Crippen LogP contribution in [-0.2, 0) is 22.6 Å². The number of H-pyrrole nitrogens is 1. The third-order valence-corrected chi connectivity index (χ3v) is 5.53. The van der Waals surface area contributed by atoms with Gasteiger partial charge in [0.1, 0.15) is 11.5 Å². The predicted molar refractivity (Wildman–Crippen MR) is 108 cm³/mol. The van der Waals surface area contributed by atoms with Gasteiger partial charge in [0.25, 0.3) is 0 Å². The highest BCUT2D eigenvalue weighted by molar-refractivity contribution is 5.97. The third kappa shape index (κ3) is 3.16. The highest BCUT2D eigenvalue weighted by atomic mass is 19.1. The fourth-order valence-electron chi connectivity index (χ4n) is 3.90. The van der Waals surface area contributed by atoms with E-state index in [-0.39, 0.29) is 11.4 Å². The van der Waals surface area contributed by atoms with Gasteiger partial charge in [-0.3, -0.25) is 14.8 Å². The first kappa shape index (κ1) is 18.8. The lowest BCUT2D eigenvalue weighted by Crippen LogP contribution is -2.40. The average molecular weight is 408 g/mol. The molecule has 1 aliphatic rings. The summed E-state index contributed by atoms with van der Waals surface area (Å²) in [6, 6.07) is 4.97. The normalized spacial score (nSPS) is 18.6. The van der Waals surface area contributed by atoms with E-state index in [0.29, 0.717) is 36.8 Å². The molecule has 0 unspecified atom stereocenters. The van der Waals surface area contributed by atoms with Gasteiger partial charge < -0.3 is 9.47 Å². The quantitative estimate of drug-likeness (QED) is 0.545. The molecule has 4 aromatic rings. The van der Waals surface area contributed by atoms with E-state index < -0.39 is 0 Å². The first-order valence-electron chi connectivity index (χ1n) is 9.71. The first-order valence-corrected chi connectivity index (χ1v) is 9.71. The van der Waals surface area contributed by atoms with Gasteiger partial charge >= 0.3 is 0 Å². The molecule has 0 fully saturated rings. The number of halogens is 1. The smallest absolute Gasteiger partial charge is 0.155 e. The molecule has 154 valence electrons. The van der Waals surface area contributed by atoms with Gasteiger partial charge in [-0.2, -0.15) is 10.2 Å². The van der Waals surface area contributed by atoms with Crippen LogP contribution < -0.4 is 0 Å². The molecule has 5 heterocycles. The third-order valence-electron chi connectivity index (χ3n) is 5.53. The molecule has 5 rings (SSSR count). The molecule has 9 heteroatoms. The predicted octanol–water partition coefficient (Wildman–Crippen LogP) is 3.35. The van der Waals surface area contributed by atoms with E-state index >= 15 is 0 Å². The van der Waals surface area contributed by atoms with Gasteiger partial charge in [-0.15, -0.1) is 0 Å². The summed E-state index contributed by atoms with van der Waals surface area (Å²) >= 11 is 0. The summed E-state index contributed by atoms with van der Waals surface area (Å²) in [6.07, 6.45) is 5.43. The van der Waals surface area contributed by atoms with Crippen LogP contribution in [0.3, 0.4) is 0 Å². The Morgan fingerprint density at radius 1 is 1.27 bits per heavy atom. The minimum atomic E-state index is -0.388. The van der Waals surface area contributed by atoms with Crippen LogP contribution in [0.1, 0.15) is 19.0 Å². The minimum Gasteiger partial charge on any atom is -0.385 e. The summed E-state index contributed by atoms with van der Waals surface area (Å²) < 4.78 is 27.0. The van der Waals surface area contributed by atoms with Crippen molar-refractivity contribution in [3.8, 4) is 22.5 Å². The van der Waals surface area contributed by atoms with E-state index in [4.69, 9.17) is 14.6 Å². The van der Waals surface area contributed by atoms with E-state index in [1.54, 1.807) is 25.6 Å². The second kappa shape index (κ2) is 7.26. The molecule has 0 aromatic carbocycles. The van der Waals surface area contributed by atoms with Gasteiger partial charge in [-0.05, 0) is 25.1 Å². The molecule has 30 heavy (non-hydrogen) atoms. The standard InChI is InChI=1S/C21H21FN6O2/c1-21(6-8-29-2)12-28-17(11-30-21)18(14-5-7-23-20-15(14)10-25-26-20)19(27-28)16-4-3-13(22)9-24-16/h3-5,7,9-10H,6,8,11-12H2,1-2H3,(H,23,25,26)/t21-/m1/s1. The molecule has 0 amide bonds. The summed E-state index contributed by atoms with van der Waals surface area (Å²) in [5.74, 6) is -0.388. The second-order valence-corrected chi connectivity index (χ2v) is 7.66. The summed E-state index contributed by atoms with van der Waals surface area (Å²) in [4.78, 5) is 8.62. The molecule has 0 aliphatic carbocycles. The number of hydrogen-bond donors (Lipinski definition) is 1. The van der Waals surface area contributed by atoms with E-state index in [0.717, 1.165) is 28.6 Å². The van der Waals surface area contributed by atoms with Crippen LogP contribution in [0, 0.1) is 5.82 Å². The van der Waals surface area contributed by atoms with Crippen molar-refractivity contribution in [1.29, 1.82) is 0 Å². The van der Waals surface area contributed by atoms with Crippen molar-refractivity contribution in [2.75, 3.05) is 13.7 Å². The number of fused-ring (bicyclic) bond motifs is 2. The van der Waals surface area contributed by atoms with Crippen molar-refractivity contribution >= 4 is 11.0 Å². The zero-order chi connectivity index (χ0) is 20.7. The highest BCUT2D eigenvalue weighted by Gasteiger charge is 2.35. The Morgan fingerprint density at radius 2 is 2.17 bits per heavy atom. The van der Waals surface area contributed by atoms with Crippen LogP contribution in [0.4, 0.5) is 4.39 Å². The lowest BCUT2D eigenvalue weighted by Gasteiger charge is -2.34. The van der Waals surface area contributed by atoms with Gasteiger partial charge in [0.05, 0.1) is 42.5 Å². The van der Waals surface area contributed by atoms with Gasteiger partial charge in [0.15, 0.2) is 5.65 Å². The van der Waals surface area contributed by atoms with E-state index in [9.17, 15) is 4.39 Å². The Balaban J connectivity index is 1.69. The minimum absolute atomic E-state index is 0.386. The highest BCUT2D eigenvalue weighted by Crippen LogP contribution is 2.40. The first-order chi connectivity index (χ1) is 14.6. The number of pyridine rings is 2. The number of hydrogen-bond acceptors (Lipinski definition) is 6. The van der Waals surface area contributed by atoms with Crippen molar-refractivity contribution in [2.24, 2.45) is 0 Å². The Labute approximate surface area is 172 Å². The van der Waals surface area contributed by atoms with Gasteiger partial charge in [0, 0.05) is 42.8 Å². The van der Waals surface area contributed by atoms with Crippen molar-refractivity contribution in [2.45, 2.75) is 32.1 Å². The Morgan fingerprint density at radius 3 is 2.97 bits per heavy atom. The van der Waals surface area contributed by atoms with E-state index in [1.807, 2.05) is 10.7 Å². The van der Waals surface area contributed by atoms with Gasteiger partial charge in [0.2, 0.25) is 0 Å². The molecule has 0 spiro atoms. The van der Waals surface area contributed by atoms with E-state index in [1.165, 1.54) is 12.3 Å². The number of aromatic amines is 1. The average Bonchev–Trinajstić information content (AvgIpc) is 3.37. The van der Waals surface area contributed by atoms with Gasteiger partial charge in [-0.25, -0.2) is 9.37 Å². The summed E-state index contributed by atoms with van der Waals surface area (Å²) in [6.45, 7) is 3.64. The molecular weight excluding hydrogens is 387 g/mol. The fraction of sp³-hybridized carbons (Fsp3) is 0.333. The summed E-state index contributed by atoms with van der Waals surface area (Å²) in [5, 5.41) is 12.8. The lowest BCUT2D eigenvalue weighted by atomic mass is 9.97. The van der Waals surface area contributed by atoms with Crippen molar-refractivity contribution in [3.05, 3.63) is 48.3 Å². The Kier molecular flexibility index (Phi) is 4.56. The molecule has 4 aromatic heterocycles. The van der Waals surface area contributed by atoms with Gasteiger partial charge in [-0.1, -0.05) is 0 Å². The van der Waals surface area contributed by atoms with Crippen molar-refractivity contribution in [3.63, 3.8) is 0 Å². The molecule has 1 aliphatic heterocycles. The topological polar surface area (TPSA) is 90.7 Å². The molecule has 1 atom stereocenters. The number of aromatic nitrogens is 6. The second-order valence-electron chi connectivity index (χ2n) is 7.66. The zero-order valence-corrected chi connectivity index (χ0v) is 16.7. The lowest BCUT2D eigenvalue weighted by molar-refractivity contribution is -0.0927. The molecule has 0 saturated carbocycles. The molecule has 1 N–H and O–H groups in total. The molecule has 0 radical (unpaired) electrons. The molecule has 0 saturated heterocycles. The Hall–Kier alpha value is -3.17. The summed E-state index contributed by atoms with van der Waals surface area (Å²) in [7, 11) is 1.68. The van der Waals surface area contributed by atoms with Crippen LogP contribution in [0.15, 0.2) is 36.8 Å². The number of nitrogens with zero attached hydrogens (tertiary/aromatic N) is 5. The van der Waals surface area contributed by atoms with E-state index in [2.05, 4.69) is 27.1 Å². The molecular formula is C21H21FN6O2. The summed E-state index contributed by atoms with van der Waals surface area (Å²) in [5.41, 5.74) is 4.35. The van der Waals surface area contributed by atoms with Crippen molar-refractivity contribution in [1.82, 2.24) is 29.9 Å². The van der Waals surface area contributed by atoms with Crippen LogP contribution in [0.5, 0.6) is 0 Å². The SMILES string of the molecule is COCC[C@]1(C)Cn2nc(-c3ccc(F)cn3)c(-c3ccnc4[nH]ncc34)c2CO1. The van der Waals surface area contributed by atoms with Crippen molar-refractivity contribution < 1.29 is 13.9 Å². The van der Waals surface area contributed by atoms with Crippen LogP contribution in [0.25, 0.3) is 33.5 Å². The van der Waals surface area contributed by atoms with Crippen LogP contribution in [-0.4, -0.2) is 49.3 Å². The number of rotatable bonds is 5. The maximum Gasteiger partial charge on any atom is 0.155 e. The number of ether oxygens (including phenoxy) is 2. The zero-order valence-electron chi connectivity index (χ0n) is 16.7.